The third-order valence-electron chi connectivity index (χ3n) is 1.41. The summed E-state index contributed by atoms with van der Waals surface area (Å²) in [5.41, 5.74) is 0. The van der Waals surface area contributed by atoms with Crippen molar-refractivity contribution in [2.24, 2.45) is 0 Å². The van der Waals surface area contributed by atoms with Crippen LogP contribution in [-0.4, -0.2) is 21.1 Å². The van der Waals surface area contributed by atoms with Crippen molar-refractivity contribution >= 4 is 48.1 Å². The molecule has 0 spiro atoms. The monoisotopic (exact) mass is 302 g/mol. The molecule has 0 fully saturated rings. The van der Waals surface area contributed by atoms with E-state index >= 15 is 0 Å². The Hall–Kier alpha value is 1.50. The summed E-state index contributed by atoms with van der Waals surface area (Å²) in [5, 5.41) is 0. The molecule has 0 aromatic carbocycles. The molecule has 0 rings (SSSR count). The van der Waals surface area contributed by atoms with Gasteiger partial charge in [0.25, 0.3) is 0 Å². The zero-order valence-electron chi connectivity index (χ0n) is 7.74. The van der Waals surface area contributed by atoms with Crippen LogP contribution >= 0.6 is 27.0 Å². The van der Waals surface area contributed by atoms with E-state index in [1.807, 2.05) is 0 Å². The minimum atomic E-state index is 0. The van der Waals surface area contributed by atoms with Crippen LogP contribution in [0.2, 0.25) is 8.87 Å². The minimum absolute atomic E-state index is 0. The third kappa shape index (κ3) is 18.5. The number of hydrogen-bond acceptors (Lipinski definition) is 0. The van der Waals surface area contributed by atoms with Crippen LogP contribution < -0.4 is 0 Å². The second kappa shape index (κ2) is 17.5. The van der Waals surface area contributed by atoms with Gasteiger partial charge in [-0.15, -0.1) is 0 Å². The fourth-order valence-electron chi connectivity index (χ4n) is 0.729. The summed E-state index contributed by atoms with van der Waals surface area (Å²) in [4.78, 5) is 0. The molecular formula is C8H22S2Sn. The Labute approximate surface area is 96.0 Å². The van der Waals surface area contributed by atoms with E-state index < -0.39 is 0 Å². The molecule has 0 unspecified atom stereocenters. The van der Waals surface area contributed by atoms with Crippen molar-refractivity contribution < 1.29 is 0 Å². The molecule has 11 heavy (non-hydrogen) atoms. The maximum Gasteiger partial charge on any atom is -0.197 e. The van der Waals surface area contributed by atoms with Crippen molar-refractivity contribution in [2.45, 2.75) is 48.4 Å². The maximum atomic E-state index is 2.29. The first-order chi connectivity index (χ1) is 4.41. The molecule has 0 aliphatic carbocycles. The van der Waals surface area contributed by atoms with E-state index in [-0.39, 0.29) is 48.1 Å². The van der Waals surface area contributed by atoms with Gasteiger partial charge in [0, 0.05) is 0 Å². The van der Waals surface area contributed by atoms with Crippen LogP contribution in [0.1, 0.15) is 39.5 Å². The van der Waals surface area contributed by atoms with Crippen molar-refractivity contribution in [2.75, 3.05) is 0 Å². The smallest absolute Gasteiger partial charge is 0.197 e. The van der Waals surface area contributed by atoms with Gasteiger partial charge in [0.2, 0.25) is 0 Å². The number of hydrogen-bond donors (Lipinski definition) is 0. The number of unbranched alkanes of at least 4 members (excludes halogenated alkanes) is 2. The van der Waals surface area contributed by atoms with Gasteiger partial charge in [0.05, 0.1) is 0 Å². The molecule has 2 radical (unpaired) electrons. The molecule has 3 heteroatoms. The summed E-state index contributed by atoms with van der Waals surface area (Å²) >= 11 is 0.149. The molecular weight excluding hydrogens is 279 g/mol. The van der Waals surface area contributed by atoms with Crippen LogP contribution in [0.4, 0.5) is 0 Å². The molecule has 0 saturated carbocycles. The van der Waals surface area contributed by atoms with Gasteiger partial charge in [-0.1, -0.05) is 0 Å². The van der Waals surface area contributed by atoms with Crippen LogP contribution in [0.5, 0.6) is 0 Å². The second-order valence-corrected chi connectivity index (χ2v) is 6.74. The Bertz CT molecular complexity index is 45.4. The van der Waals surface area contributed by atoms with Crippen LogP contribution in [0.3, 0.4) is 0 Å². The van der Waals surface area contributed by atoms with Gasteiger partial charge in [-0.3, -0.25) is 0 Å². The van der Waals surface area contributed by atoms with Crippen LogP contribution in [0, 0.1) is 0 Å². The Morgan fingerprint density at radius 2 is 1.18 bits per heavy atom. The van der Waals surface area contributed by atoms with E-state index in [4.69, 9.17) is 0 Å². The summed E-state index contributed by atoms with van der Waals surface area (Å²) in [6.45, 7) is 4.58. The molecule has 0 aromatic rings. The molecule has 0 bridgehead atoms. The SMILES string of the molecule is CCC[CH2][Sn][CH2]CCC.S.S. The number of rotatable bonds is 6. The Morgan fingerprint density at radius 3 is 1.45 bits per heavy atom. The molecule has 0 amide bonds. The predicted molar refractivity (Wildman–Crippen MR) is 65.9 cm³/mol. The van der Waals surface area contributed by atoms with E-state index in [1.54, 1.807) is 8.87 Å². The fourth-order valence-corrected chi connectivity index (χ4v) is 4.89. The normalized spacial score (nSPS) is 8.18. The molecule has 0 aliphatic heterocycles. The molecule has 0 nitrogen and oxygen atoms in total. The zero-order valence-corrected chi connectivity index (χ0v) is 12.6. The Balaban J connectivity index is -0.000000320. The van der Waals surface area contributed by atoms with Gasteiger partial charge >= 0.3 is 69.5 Å². The van der Waals surface area contributed by atoms with Gasteiger partial charge in [-0.25, -0.2) is 0 Å². The Morgan fingerprint density at radius 1 is 0.818 bits per heavy atom. The first kappa shape index (κ1) is 18.3. The van der Waals surface area contributed by atoms with Gasteiger partial charge in [-0.05, 0) is 0 Å². The largest absolute Gasteiger partial charge is 0.197 e. The van der Waals surface area contributed by atoms with E-state index in [0.717, 1.165) is 0 Å². The van der Waals surface area contributed by atoms with Crippen LogP contribution in [-0.2, 0) is 0 Å². The summed E-state index contributed by atoms with van der Waals surface area (Å²) in [6.07, 6.45) is 5.84. The summed E-state index contributed by atoms with van der Waals surface area (Å²) in [7, 11) is 0. The van der Waals surface area contributed by atoms with Gasteiger partial charge in [-0.2, -0.15) is 27.0 Å². The fraction of sp³-hybridized carbons (Fsp3) is 1.00. The van der Waals surface area contributed by atoms with Crippen molar-refractivity contribution in [3.8, 4) is 0 Å². The quantitative estimate of drug-likeness (QED) is 0.521. The standard InChI is InChI=1S/2C4H9.2H2S.Sn/c2*1-3-4-2;;;/h2*1,3-4H2,2H3;2*1H2;. The molecule has 0 aromatic heterocycles. The van der Waals surface area contributed by atoms with Crippen LogP contribution in [0.15, 0.2) is 0 Å². The summed E-state index contributed by atoms with van der Waals surface area (Å²) in [5.74, 6) is 0. The zero-order chi connectivity index (χ0) is 6.95. The van der Waals surface area contributed by atoms with Crippen molar-refractivity contribution in [3.63, 3.8) is 0 Å². The topological polar surface area (TPSA) is 0 Å². The third-order valence-corrected chi connectivity index (χ3v) is 5.45. The average molecular weight is 301 g/mol. The molecule has 0 atom stereocenters. The van der Waals surface area contributed by atoms with Crippen LogP contribution in [0.25, 0.3) is 0 Å². The summed E-state index contributed by atoms with van der Waals surface area (Å²) in [6, 6.07) is 0. The first-order valence-corrected chi connectivity index (χ1v) is 8.16. The predicted octanol–water partition coefficient (Wildman–Crippen LogP) is 3.35. The van der Waals surface area contributed by atoms with Crippen molar-refractivity contribution in [1.82, 2.24) is 0 Å². The van der Waals surface area contributed by atoms with Gasteiger partial charge < -0.3 is 0 Å². The van der Waals surface area contributed by atoms with Gasteiger partial charge in [0.1, 0.15) is 0 Å². The Kier molecular flexibility index (Phi) is 29.2. The molecule has 0 N–H and O–H groups in total. The first-order valence-electron chi connectivity index (χ1n) is 4.12. The van der Waals surface area contributed by atoms with Crippen molar-refractivity contribution in [1.29, 1.82) is 0 Å². The van der Waals surface area contributed by atoms with E-state index in [9.17, 15) is 0 Å². The summed E-state index contributed by atoms with van der Waals surface area (Å²) < 4.78 is 3.25. The van der Waals surface area contributed by atoms with E-state index in [2.05, 4.69) is 13.8 Å². The van der Waals surface area contributed by atoms with E-state index in [0.29, 0.717) is 0 Å². The second-order valence-electron chi connectivity index (χ2n) is 2.46. The van der Waals surface area contributed by atoms with Gasteiger partial charge in [0.15, 0.2) is 0 Å². The van der Waals surface area contributed by atoms with Crippen molar-refractivity contribution in [3.05, 3.63) is 0 Å². The average Bonchev–Trinajstić information content (AvgIpc) is 1.89. The molecule has 0 aliphatic rings. The molecule has 0 heterocycles. The minimum Gasteiger partial charge on any atom is -0.197 e. The molecule has 0 saturated heterocycles. The maximum absolute atomic E-state index is 2.29. The molecule has 70 valence electrons. The van der Waals surface area contributed by atoms with E-state index in [1.165, 1.54) is 25.7 Å².